The third kappa shape index (κ3) is 4.12. The van der Waals surface area contributed by atoms with Crippen LogP contribution in [0, 0.1) is 5.82 Å². The summed E-state index contributed by atoms with van der Waals surface area (Å²) in [7, 11) is 0. The van der Waals surface area contributed by atoms with Crippen LogP contribution in [0.2, 0.25) is 0 Å². The van der Waals surface area contributed by atoms with Gasteiger partial charge in [0.1, 0.15) is 29.7 Å². The molecule has 1 heterocycles. The monoisotopic (exact) mass is 377 g/mol. The number of benzene rings is 3. The Balaban J connectivity index is 1.47. The second-order valence-electron chi connectivity index (χ2n) is 6.03. The summed E-state index contributed by atoms with van der Waals surface area (Å²) in [6.07, 6.45) is 0. The Bertz CT molecular complexity index is 1060. The van der Waals surface area contributed by atoms with Crippen LogP contribution < -0.4 is 9.47 Å². The zero-order valence-electron chi connectivity index (χ0n) is 14.7. The predicted molar refractivity (Wildman–Crippen MR) is 101 cm³/mol. The van der Waals surface area contributed by atoms with E-state index < -0.39 is 0 Å². The van der Waals surface area contributed by atoms with Gasteiger partial charge in [0.05, 0.1) is 0 Å². The first-order chi connectivity index (χ1) is 13.7. The minimum absolute atomic E-state index is 0.141. The van der Waals surface area contributed by atoms with Crippen LogP contribution in [0.3, 0.4) is 0 Å². The second-order valence-corrected chi connectivity index (χ2v) is 6.03. The topological polar surface area (TPSA) is 64.7 Å². The van der Waals surface area contributed by atoms with Gasteiger partial charge in [-0.25, -0.2) is 4.39 Å². The number of hydrogen-bond acceptors (Lipinski definition) is 5. The van der Waals surface area contributed by atoms with Gasteiger partial charge in [0, 0.05) is 17.2 Å². The normalized spacial score (nSPS) is 10.6. The molecule has 0 radical (unpaired) electrons. The van der Waals surface area contributed by atoms with Gasteiger partial charge < -0.3 is 19.1 Å². The van der Waals surface area contributed by atoms with E-state index in [4.69, 9.17) is 14.0 Å². The van der Waals surface area contributed by atoms with Gasteiger partial charge in [-0.2, -0.15) is 0 Å². The van der Waals surface area contributed by atoms with Crippen molar-refractivity contribution in [1.29, 1.82) is 0 Å². The van der Waals surface area contributed by atoms with Gasteiger partial charge in [-0.1, -0.05) is 18.2 Å². The quantitative estimate of drug-likeness (QED) is 0.477. The molecular weight excluding hydrogens is 361 g/mol. The fraction of sp³-hybridized carbons (Fsp3) is 0.0455. The molecule has 6 heteroatoms. The highest BCUT2D eigenvalue weighted by Gasteiger charge is 2.09. The van der Waals surface area contributed by atoms with Gasteiger partial charge in [0.25, 0.3) is 5.88 Å². The molecule has 0 bridgehead atoms. The van der Waals surface area contributed by atoms with Crippen LogP contribution >= 0.6 is 0 Å². The first kappa shape index (κ1) is 17.6. The van der Waals surface area contributed by atoms with Crippen molar-refractivity contribution in [3.05, 3.63) is 90.2 Å². The summed E-state index contributed by atoms with van der Waals surface area (Å²) < 4.78 is 30.3. The third-order valence-corrected chi connectivity index (χ3v) is 4.02. The van der Waals surface area contributed by atoms with Gasteiger partial charge in [-0.15, -0.1) is 0 Å². The van der Waals surface area contributed by atoms with Crippen LogP contribution in [0.1, 0.15) is 5.56 Å². The largest absolute Gasteiger partial charge is 0.491 e. The lowest BCUT2D eigenvalue weighted by atomic mass is 10.1. The fourth-order valence-corrected chi connectivity index (χ4v) is 2.65. The molecule has 0 spiro atoms. The van der Waals surface area contributed by atoms with Gasteiger partial charge in [-0.05, 0) is 59.8 Å². The molecule has 0 saturated carbocycles. The highest BCUT2D eigenvalue weighted by Crippen LogP contribution is 2.28. The Hall–Kier alpha value is -3.80. The first-order valence-electron chi connectivity index (χ1n) is 8.57. The Kier molecular flexibility index (Phi) is 4.93. The van der Waals surface area contributed by atoms with E-state index in [0.29, 0.717) is 28.6 Å². The van der Waals surface area contributed by atoms with E-state index in [-0.39, 0.29) is 18.3 Å². The van der Waals surface area contributed by atoms with Crippen molar-refractivity contribution in [3.63, 3.8) is 0 Å². The third-order valence-electron chi connectivity index (χ3n) is 4.02. The SMILES string of the molecule is Oc1cc(-c2ccc(OCc3cc(F)ccc3Oc3ccccc3)cc2)on1. The number of nitrogens with zero attached hydrogens (tertiary/aromatic N) is 1. The van der Waals surface area contributed by atoms with E-state index in [1.165, 1.54) is 18.2 Å². The van der Waals surface area contributed by atoms with Crippen molar-refractivity contribution in [1.82, 2.24) is 5.16 Å². The molecule has 1 aromatic heterocycles. The average molecular weight is 377 g/mol. The Morgan fingerprint density at radius 3 is 2.39 bits per heavy atom. The van der Waals surface area contributed by atoms with Crippen LogP contribution in [0.25, 0.3) is 11.3 Å². The van der Waals surface area contributed by atoms with Crippen LogP contribution in [-0.4, -0.2) is 10.3 Å². The number of ether oxygens (including phenoxy) is 2. The van der Waals surface area contributed by atoms with E-state index in [2.05, 4.69) is 5.16 Å². The number of para-hydroxylation sites is 1. The molecule has 0 aliphatic carbocycles. The zero-order chi connectivity index (χ0) is 19.3. The number of hydrogen-bond donors (Lipinski definition) is 1. The Morgan fingerprint density at radius 1 is 0.893 bits per heavy atom. The maximum absolute atomic E-state index is 13.7. The van der Waals surface area contributed by atoms with Crippen molar-refractivity contribution in [2.45, 2.75) is 6.61 Å². The molecule has 140 valence electrons. The van der Waals surface area contributed by atoms with Gasteiger partial charge in [-0.3, -0.25) is 0 Å². The summed E-state index contributed by atoms with van der Waals surface area (Å²) in [6, 6.07) is 22.1. The van der Waals surface area contributed by atoms with Gasteiger partial charge in [0.15, 0.2) is 5.76 Å². The second kappa shape index (κ2) is 7.84. The first-order valence-corrected chi connectivity index (χ1v) is 8.57. The minimum atomic E-state index is -0.362. The van der Waals surface area contributed by atoms with Crippen molar-refractivity contribution in [3.8, 4) is 34.5 Å². The van der Waals surface area contributed by atoms with Crippen LogP contribution in [0.15, 0.2) is 83.4 Å². The molecule has 4 aromatic rings. The predicted octanol–water partition coefficient (Wildman–Crippen LogP) is 5.56. The summed E-state index contributed by atoms with van der Waals surface area (Å²) in [5, 5.41) is 12.7. The van der Waals surface area contributed by atoms with E-state index >= 15 is 0 Å². The van der Waals surface area contributed by atoms with E-state index in [1.807, 2.05) is 30.3 Å². The molecule has 1 N–H and O–H groups in total. The van der Waals surface area contributed by atoms with Crippen LogP contribution in [0.4, 0.5) is 4.39 Å². The average Bonchev–Trinajstić information content (AvgIpc) is 3.16. The maximum atomic E-state index is 13.7. The van der Waals surface area contributed by atoms with Gasteiger partial charge in [0.2, 0.25) is 0 Å². The Labute approximate surface area is 160 Å². The molecule has 4 rings (SSSR count). The summed E-state index contributed by atoms with van der Waals surface area (Å²) in [6.45, 7) is 0.141. The molecule has 0 saturated heterocycles. The number of aromatic nitrogens is 1. The smallest absolute Gasteiger partial charge is 0.252 e. The molecule has 0 aliphatic rings. The lowest BCUT2D eigenvalue weighted by Gasteiger charge is -2.12. The fourth-order valence-electron chi connectivity index (χ4n) is 2.65. The highest BCUT2D eigenvalue weighted by atomic mass is 19.1. The molecule has 0 unspecified atom stereocenters. The van der Waals surface area contributed by atoms with E-state index in [0.717, 1.165) is 5.56 Å². The lowest BCUT2D eigenvalue weighted by molar-refractivity contribution is 0.299. The van der Waals surface area contributed by atoms with Crippen molar-refractivity contribution < 1.29 is 23.5 Å². The molecule has 28 heavy (non-hydrogen) atoms. The summed E-state index contributed by atoms with van der Waals surface area (Å²) in [5.41, 5.74) is 1.34. The van der Waals surface area contributed by atoms with Crippen molar-refractivity contribution >= 4 is 0 Å². The molecule has 0 amide bonds. The molecule has 3 aromatic carbocycles. The highest BCUT2D eigenvalue weighted by molar-refractivity contribution is 5.59. The zero-order valence-corrected chi connectivity index (χ0v) is 14.7. The lowest BCUT2D eigenvalue weighted by Crippen LogP contribution is -1.99. The molecular formula is C22H16FNO4. The van der Waals surface area contributed by atoms with Crippen molar-refractivity contribution in [2.24, 2.45) is 0 Å². The summed E-state index contributed by atoms with van der Waals surface area (Å²) in [5.74, 6) is 1.71. The number of aromatic hydroxyl groups is 1. The maximum Gasteiger partial charge on any atom is 0.252 e. The molecule has 0 aliphatic heterocycles. The van der Waals surface area contributed by atoms with E-state index in [1.54, 1.807) is 30.3 Å². The van der Waals surface area contributed by atoms with Gasteiger partial charge >= 0.3 is 0 Å². The minimum Gasteiger partial charge on any atom is -0.491 e. The Morgan fingerprint density at radius 2 is 1.68 bits per heavy atom. The van der Waals surface area contributed by atoms with Crippen LogP contribution in [0.5, 0.6) is 23.1 Å². The van der Waals surface area contributed by atoms with Crippen molar-refractivity contribution in [2.75, 3.05) is 0 Å². The van der Waals surface area contributed by atoms with Crippen LogP contribution in [-0.2, 0) is 6.61 Å². The number of halogens is 1. The standard InChI is InChI=1S/C22H16FNO4/c23-17-8-11-20(27-19-4-2-1-3-5-19)16(12-17)14-26-18-9-6-15(7-10-18)21-13-22(25)24-28-21/h1-13H,14H2,(H,24,25). The molecule has 5 nitrogen and oxygen atoms in total. The molecule has 0 atom stereocenters. The summed E-state index contributed by atoms with van der Waals surface area (Å²) in [4.78, 5) is 0. The molecule has 0 fully saturated rings. The van der Waals surface area contributed by atoms with E-state index in [9.17, 15) is 9.50 Å². The summed E-state index contributed by atoms with van der Waals surface area (Å²) >= 11 is 0. The number of rotatable bonds is 6.